The van der Waals surface area contributed by atoms with Crippen LogP contribution in [0.1, 0.15) is 26.7 Å². The second-order valence-electron chi connectivity index (χ2n) is 9.10. The summed E-state index contributed by atoms with van der Waals surface area (Å²) in [5.74, 6) is 1.25. The van der Waals surface area contributed by atoms with Crippen LogP contribution >= 0.6 is 35.0 Å². The summed E-state index contributed by atoms with van der Waals surface area (Å²) in [5, 5.41) is 1.55. The maximum atomic E-state index is 12.9. The molecule has 0 aliphatic carbocycles. The summed E-state index contributed by atoms with van der Waals surface area (Å²) in [5.41, 5.74) is 1.08. The highest BCUT2D eigenvalue weighted by Gasteiger charge is 2.28. The Morgan fingerprint density at radius 2 is 1.75 bits per heavy atom. The minimum absolute atomic E-state index is 0.0625. The van der Waals surface area contributed by atoms with Crippen molar-refractivity contribution < 1.29 is 9.59 Å². The van der Waals surface area contributed by atoms with Gasteiger partial charge in [-0.3, -0.25) is 9.59 Å². The van der Waals surface area contributed by atoms with E-state index in [0.29, 0.717) is 54.5 Å². The first-order valence-corrected chi connectivity index (χ1v) is 14.1. The van der Waals surface area contributed by atoms with Gasteiger partial charge in [0.1, 0.15) is 11.0 Å². The van der Waals surface area contributed by atoms with Gasteiger partial charge in [-0.15, -0.1) is 0 Å². The minimum Gasteiger partial charge on any atom is -0.368 e. The molecule has 4 rings (SSSR count). The zero-order chi connectivity index (χ0) is 25.7. The normalized spacial score (nSPS) is 18.5. The van der Waals surface area contributed by atoms with Crippen LogP contribution in [-0.4, -0.2) is 89.2 Å². The smallest absolute Gasteiger partial charge is 0.233 e. The molecule has 36 heavy (non-hydrogen) atoms. The molecule has 0 radical (unpaired) electrons. The number of halogens is 2. The van der Waals surface area contributed by atoms with Crippen molar-refractivity contribution in [2.45, 2.75) is 37.9 Å². The van der Waals surface area contributed by atoms with Crippen molar-refractivity contribution in [3.63, 3.8) is 0 Å². The summed E-state index contributed by atoms with van der Waals surface area (Å²) in [7, 11) is 0. The lowest BCUT2D eigenvalue weighted by molar-refractivity contribution is -0.133. The summed E-state index contributed by atoms with van der Waals surface area (Å²) in [4.78, 5) is 42.4. The number of hydrogen-bond donors (Lipinski definition) is 0. The molecular formula is C25H32Cl2N6O2S. The van der Waals surface area contributed by atoms with Gasteiger partial charge in [0.05, 0.1) is 5.75 Å². The van der Waals surface area contributed by atoms with E-state index in [0.717, 1.165) is 31.0 Å². The van der Waals surface area contributed by atoms with Gasteiger partial charge in [-0.25, -0.2) is 9.97 Å². The fourth-order valence-electron chi connectivity index (χ4n) is 4.61. The molecule has 0 bridgehead atoms. The van der Waals surface area contributed by atoms with E-state index in [1.165, 1.54) is 11.8 Å². The molecule has 2 aliphatic heterocycles. The van der Waals surface area contributed by atoms with Gasteiger partial charge in [0.15, 0.2) is 5.16 Å². The van der Waals surface area contributed by atoms with Crippen molar-refractivity contribution in [2.24, 2.45) is 0 Å². The van der Waals surface area contributed by atoms with Gasteiger partial charge in [0.25, 0.3) is 0 Å². The van der Waals surface area contributed by atoms with E-state index in [1.807, 2.05) is 41.0 Å². The summed E-state index contributed by atoms with van der Waals surface area (Å²) in [6.07, 6.45) is 1.43. The molecule has 11 heteroatoms. The quantitative estimate of drug-likeness (QED) is 0.292. The molecule has 0 N–H and O–H groups in total. The van der Waals surface area contributed by atoms with E-state index in [1.54, 1.807) is 6.07 Å². The highest BCUT2D eigenvalue weighted by atomic mass is 35.5. The number of nitrogens with zero attached hydrogens (tertiary/aromatic N) is 6. The maximum absolute atomic E-state index is 12.9. The second kappa shape index (κ2) is 12.3. The lowest BCUT2D eigenvalue weighted by atomic mass is 10.1. The van der Waals surface area contributed by atoms with Crippen molar-refractivity contribution in [1.82, 2.24) is 19.8 Å². The van der Waals surface area contributed by atoms with Crippen molar-refractivity contribution >= 4 is 58.3 Å². The third-order valence-electron chi connectivity index (χ3n) is 6.53. The van der Waals surface area contributed by atoms with E-state index in [4.69, 9.17) is 23.2 Å². The topological polar surface area (TPSA) is 72.9 Å². The van der Waals surface area contributed by atoms with Crippen molar-refractivity contribution in [3.8, 4) is 0 Å². The summed E-state index contributed by atoms with van der Waals surface area (Å²) >= 11 is 13.7. The van der Waals surface area contributed by atoms with Crippen LogP contribution in [0.2, 0.25) is 10.2 Å². The predicted octanol–water partition coefficient (Wildman–Crippen LogP) is 4.06. The van der Waals surface area contributed by atoms with E-state index < -0.39 is 0 Å². The van der Waals surface area contributed by atoms with Crippen LogP contribution in [0.3, 0.4) is 0 Å². The van der Waals surface area contributed by atoms with E-state index in [-0.39, 0.29) is 23.6 Å². The van der Waals surface area contributed by atoms with Crippen molar-refractivity contribution in [3.05, 3.63) is 40.5 Å². The summed E-state index contributed by atoms with van der Waals surface area (Å²) in [6.45, 7) is 8.95. The molecule has 3 heterocycles. The number of hydrogen-bond acceptors (Lipinski definition) is 7. The number of thioether (sulfide) groups is 1. The number of benzene rings is 1. The molecule has 2 saturated heterocycles. The Labute approximate surface area is 226 Å². The zero-order valence-corrected chi connectivity index (χ0v) is 23.0. The largest absolute Gasteiger partial charge is 0.368 e. The monoisotopic (exact) mass is 550 g/mol. The standard InChI is InChI=1S/C25H32Cl2N6O2S/c1-3-5-23(34)33-13-12-32(16-18(33)2)22-15-21(27)28-25(29-22)36-17-24(35)31-10-8-30(9-11-31)20-7-4-6-19(26)14-20/h4,6-7,14-15,18H,3,5,8-13,16-17H2,1-2H3. The lowest BCUT2D eigenvalue weighted by Crippen LogP contribution is -2.54. The molecule has 1 atom stereocenters. The van der Waals surface area contributed by atoms with Gasteiger partial charge in [0, 0.05) is 75.1 Å². The fourth-order valence-corrected chi connectivity index (χ4v) is 5.78. The van der Waals surface area contributed by atoms with Crippen LogP contribution < -0.4 is 9.80 Å². The number of aromatic nitrogens is 2. The summed E-state index contributed by atoms with van der Waals surface area (Å²) in [6, 6.07) is 9.63. The van der Waals surface area contributed by atoms with E-state index in [2.05, 4.69) is 26.7 Å². The van der Waals surface area contributed by atoms with E-state index in [9.17, 15) is 9.59 Å². The van der Waals surface area contributed by atoms with Crippen LogP contribution in [0.15, 0.2) is 35.5 Å². The van der Waals surface area contributed by atoms with Crippen molar-refractivity contribution in [2.75, 3.05) is 61.4 Å². The Balaban J connectivity index is 1.30. The fraction of sp³-hybridized carbons (Fsp3) is 0.520. The molecule has 1 unspecified atom stereocenters. The molecule has 0 spiro atoms. The predicted molar refractivity (Wildman–Crippen MR) is 146 cm³/mol. The Hall–Kier alpha value is -2.23. The Kier molecular flexibility index (Phi) is 9.19. The molecule has 2 fully saturated rings. The number of rotatable bonds is 7. The maximum Gasteiger partial charge on any atom is 0.233 e. The SMILES string of the molecule is CCCC(=O)N1CCN(c2cc(Cl)nc(SCC(=O)N3CCN(c4cccc(Cl)c4)CC3)n2)CC1C. The van der Waals surface area contributed by atoms with Crippen LogP contribution in [0.5, 0.6) is 0 Å². The van der Waals surface area contributed by atoms with Gasteiger partial charge >= 0.3 is 0 Å². The van der Waals surface area contributed by atoms with Gasteiger partial charge < -0.3 is 19.6 Å². The van der Waals surface area contributed by atoms with Gasteiger partial charge in [-0.05, 0) is 31.5 Å². The number of amides is 2. The second-order valence-corrected chi connectivity index (χ2v) is 10.9. The average molecular weight is 552 g/mol. The molecule has 2 aromatic rings. The van der Waals surface area contributed by atoms with Crippen LogP contribution in [0, 0.1) is 0 Å². The third-order valence-corrected chi connectivity index (χ3v) is 7.79. The molecule has 2 amide bonds. The first-order valence-electron chi connectivity index (χ1n) is 12.3. The molecule has 1 aromatic heterocycles. The number of carbonyl (C=O) groups is 2. The van der Waals surface area contributed by atoms with Crippen molar-refractivity contribution in [1.29, 1.82) is 0 Å². The molecule has 194 valence electrons. The average Bonchev–Trinajstić information content (AvgIpc) is 2.87. The van der Waals surface area contributed by atoms with Gasteiger partial charge in [-0.1, -0.05) is 48.0 Å². The minimum atomic E-state index is 0.0625. The Morgan fingerprint density at radius 3 is 2.44 bits per heavy atom. The third kappa shape index (κ3) is 6.75. The molecular weight excluding hydrogens is 519 g/mol. The van der Waals surface area contributed by atoms with E-state index >= 15 is 0 Å². The highest BCUT2D eigenvalue weighted by molar-refractivity contribution is 7.99. The zero-order valence-electron chi connectivity index (χ0n) is 20.7. The van der Waals surface area contributed by atoms with Gasteiger partial charge in [-0.2, -0.15) is 0 Å². The molecule has 0 saturated carbocycles. The van der Waals surface area contributed by atoms with Crippen LogP contribution in [0.25, 0.3) is 0 Å². The van der Waals surface area contributed by atoms with Gasteiger partial charge in [0.2, 0.25) is 11.8 Å². The Morgan fingerprint density at radius 1 is 1.00 bits per heavy atom. The first kappa shape index (κ1) is 26.8. The lowest BCUT2D eigenvalue weighted by Gasteiger charge is -2.40. The molecule has 1 aromatic carbocycles. The van der Waals surface area contributed by atoms with Crippen LogP contribution in [-0.2, 0) is 9.59 Å². The highest BCUT2D eigenvalue weighted by Crippen LogP contribution is 2.25. The Bertz CT molecular complexity index is 1080. The number of piperazine rings is 2. The first-order chi connectivity index (χ1) is 17.3. The molecule has 2 aliphatic rings. The molecule has 8 nitrogen and oxygen atoms in total. The number of carbonyl (C=O) groups excluding carboxylic acids is 2. The number of anilines is 2. The van der Waals surface area contributed by atoms with Crippen LogP contribution in [0.4, 0.5) is 11.5 Å². The summed E-state index contributed by atoms with van der Waals surface area (Å²) < 4.78 is 0.